The minimum Gasteiger partial charge on any atom is -0.366 e. The van der Waals surface area contributed by atoms with Crippen molar-refractivity contribution in [1.29, 1.82) is 0 Å². The average molecular weight is 380 g/mol. The highest BCUT2D eigenvalue weighted by molar-refractivity contribution is 5.94. The van der Waals surface area contributed by atoms with E-state index in [4.69, 9.17) is 0 Å². The van der Waals surface area contributed by atoms with Crippen LogP contribution in [-0.2, 0) is 11.2 Å². The van der Waals surface area contributed by atoms with E-state index in [1.54, 1.807) is 35.3 Å². The smallest absolute Gasteiger partial charge is 0.231 e. The van der Waals surface area contributed by atoms with Gasteiger partial charge in [-0.05, 0) is 42.5 Å². The summed E-state index contributed by atoms with van der Waals surface area (Å²) in [6.45, 7) is 3.56. The van der Waals surface area contributed by atoms with E-state index in [-0.39, 0.29) is 18.1 Å². The molecule has 144 valence electrons. The van der Waals surface area contributed by atoms with E-state index in [0.29, 0.717) is 11.5 Å². The van der Waals surface area contributed by atoms with Crippen LogP contribution in [0.1, 0.15) is 5.69 Å². The van der Waals surface area contributed by atoms with E-state index < -0.39 is 0 Å². The first-order chi connectivity index (χ1) is 13.7. The highest BCUT2D eigenvalue weighted by atomic mass is 19.1. The molecule has 4 rings (SSSR count). The van der Waals surface area contributed by atoms with Gasteiger partial charge in [-0.25, -0.2) is 14.1 Å². The lowest BCUT2D eigenvalue weighted by molar-refractivity contribution is -0.115. The molecular formula is C20H21FN6O. The Morgan fingerprint density at radius 1 is 1.14 bits per heavy atom. The molecule has 1 aliphatic heterocycles. The summed E-state index contributed by atoms with van der Waals surface area (Å²) in [5.41, 5.74) is 2.29. The van der Waals surface area contributed by atoms with Gasteiger partial charge in [0.2, 0.25) is 5.91 Å². The number of rotatable bonds is 5. The maximum Gasteiger partial charge on any atom is 0.231 e. The summed E-state index contributed by atoms with van der Waals surface area (Å²) < 4.78 is 14.7. The molecule has 1 amide bonds. The second-order valence-corrected chi connectivity index (χ2v) is 6.56. The lowest BCUT2D eigenvalue weighted by Crippen LogP contribution is -2.43. The summed E-state index contributed by atoms with van der Waals surface area (Å²) in [4.78, 5) is 19.1. The standard InChI is InChI=1S/C20H21FN6O/c21-15-3-5-17(6-4-15)27-11-7-16(25-27)14-19(28)24-20-18(2-1-8-23-20)26-12-9-22-10-13-26/h1-8,11,22H,9-10,12-14H2,(H,23,24,28). The second-order valence-electron chi connectivity index (χ2n) is 6.56. The molecule has 0 bridgehead atoms. The van der Waals surface area contributed by atoms with Crippen LogP contribution in [0.2, 0.25) is 0 Å². The molecule has 0 radical (unpaired) electrons. The first kappa shape index (κ1) is 18.1. The van der Waals surface area contributed by atoms with Gasteiger partial charge in [-0.3, -0.25) is 4.79 Å². The first-order valence-electron chi connectivity index (χ1n) is 9.20. The number of aromatic nitrogens is 3. The molecule has 28 heavy (non-hydrogen) atoms. The molecule has 2 aromatic heterocycles. The predicted molar refractivity (Wildman–Crippen MR) is 105 cm³/mol. The minimum absolute atomic E-state index is 0.131. The van der Waals surface area contributed by atoms with Crippen molar-refractivity contribution in [2.75, 3.05) is 36.4 Å². The zero-order chi connectivity index (χ0) is 19.3. The number of benzene rings is 1. The van der Waals surface area contributed by atoms with Crippen molar-refractivity contribution in [2.45, 2.75) is 6.42 Å². The maximum absolute atomic E-state index is 13.1. The molecule has 1 aliphatic rings. The van der Waals surface area contributed by atoms with Crippen molar-refractivity contribution in [3.63, 3.8) is 0 Å². The van der Waals surface area contributed by atoms with Crippen LogP contribution >= 0.6 is 0 Å². The number of pyridine rings is 1. The Bertz CT molecular complexity index is 949. The zero-order valence-electron chi connectivity index (χ0n) is 15.3. The summed E-state index contributed by atoms with van der Waals surface area (Å²) >= 11 is 0. The molecule has 0 saturated carbocycles. The number of halogens is 1. The molecule has 0 unspecified atom stereocenters. The van der Waals surface area contributed by atoms with E-state index >= 15 is 0 Å². The highest BCUT2D eigenvalue weighted by Crippen LogP contribution is 2.23. The number of hydrogen-bond acceptors (Lipinski definition) is 5. The number of anilines is 2. The third kappa shape index (κ3) is 4.17. The van der Waals surface area contributed by atoms with Gasteiger partial charge in [0.15, 0.2) is 5.82 Å². The fraction of sp³-hybridized carbons (Fsp3) is 0.250. The Morgan fingerprint density at radius 2 is 1.93 bits per heavy atom. The SMILES string of the molecule is O=C(Cc1ccn(-c2ccc(F)cc2)n1)Nc1ncccc1N1CCNCC1. The second kappa shape index (κ2) is 8.18. The molecule has 2 N–H and O–H groups in total. The normalized spacial score (nSPS) is 14.1. The molecule has 1 fully saturated rings. The van der Waals surface area contributed by atoms with E-state index in [0.717, 1.165) is 37.6 Å². The van der Waals surface area contributed by atoms with Crippen LogP contribution in [-0.4, -0.2) is 46.9 Å². The van der Waals surface area contributed by atoms with Gasteiger partial charge in [0, 0.05) is 38.6 Å². The average Bonchev–Trinajstić information content (AvgIpc) is 3.18. The first-order valence-corrected chi connectivity index (χ1v) is 9.20. The Balaban J connectivity index is 1.43. The van der Waals surface area contributed by atoms with E-state index in [1.165, 1.54) is 12.1 Å². The molecule has 3 heterocycles. The Morgan fingerprint density at radius 3 is 2.71 bits per heavy atom. The zero-order valence-corrected chi connectivity index (χ0v) is 15.3. The van der Waals surface area contributed by atoms with Gasteiger partial charge in [-0.2, -0.15) is 5.10 Å². The lowest BCUT2D eigenvalue weighted by atomic mass is 10.2. The van der Waals surface area contributed by atoms with Gasteiger partial charge in [0.25, 0.3) is 0 Å². The van der Waals surface area contributed by atoms with Crippen LogP contribution in [0.3, 0.4) is 0 Å². The third-order valence-electron chi connectivity index (χ3n) is 4.58. The van der Waals surface area contributed by atoms with Crippen molar-refractivity contribution in [3.8, 4) is 5.69 Å². The highest BCUT2D eigenvalue weighted by Gasteiger charge is 2.17. The van der Waals surface area contributed by atoms with Gasteiger partial charge >= 0.3 is 0 Å². The summed E-state index contributed by atoms with van der Waals surface area (Å²) in [7, 11) is 0. The van der Waals surface area contributed by atoms with Gasteiger partial charge < -0.3 is 15.5 Å². The van der Waals surface area contributed by atoms with Crippen LogP contribution in [0.5, 0.6) is 0 Å². The summed E-state index contributed by atoms with van der Waals surface area (Å²) in [6, 6.07) is 11.6. The van der Waals surface area contributed by atoms with Crippen molar-refractivity contribution >= 4 is 17.4 Å². The maximum atomic E-state index is 13.1. The molecule has 1 aromatic carbocycles. The molecule has 0 atom stereocenters. The summed E-state index contributed by atoms with van der Waals surface area (Å²) in [5, 5.41) is 10.6. The number of nitrogens with one attached hydrogen (secondary N) is 2. The molecule has 8 heteroatoms. The lowest BCUT2D eigenvalue weighted by Gasteiger charge is -2.30. The quantitative estimate of drug-likeness (QED) is 0.708. The fourth-order valence-corrected chi connectivity index (χ4v) is 3.19. The van der Waals surface area contributed by atoms with Crippen LogP contribution in [0.15, 0.2) is 54.9 Å². The van der Waals surface area contributed by atoms with Gasteiger partial charge in [-0.1, -0.05) is 0 Å². The van der Waals surface area contributed by atoms with Crippen molar-refractivity contribution < 1.29 is 9.18 Å². The monoisotopic (exact) mass is 380 g/mol. The Kier molecular flexibility index (Phi) is 5.29. The molecule has 0 aliphatic carbocycles. The van der Waals surface area contributed by atoms with E-state index in [1.807, 2.05) is 12.1 Å². The number of hydrogen-bond donors (Lipinski definition) is 2. The Labute approximate surface area is 162 Å². The molecule has 3 aromatic rings. The third-order valence-corrected chi connectivity index (χ3v) is 4.58. The summed E-state index contributed by atoms with van der Waals surface area (Å²) in [5.74, 6) is 0.0815. The molecular weight excluding hydrogens is 359 g/mol. The van der Waals surface area contributed by atoms with E-state index in [9.17, 15) is 9.18 Å². The van der Waals surface area contributed by atoms with Crippen molar-refractivity contribution in [1.82, 2.24) is 20.1 Å². The van der Waals surface area contributed by atoms with Gasteiger partial charge in [0.05, 0.1) is 23.5 Å². The number of piperazine rings is 1. The number of amides is 1. The number of carbonyl (C=O) groups is 1. The largest absolute Gasteiger partial charge is 0.366 e. The minimum atomic E-state index is -0.300. The topological polar surface area (TPSA) is 75.1 Å². The molecule has 1 saturated heterocycles. The Hall–Kier alpha value is -3.26. The van der Waals surface area contributed by atoms with Crippen molar-refractivity contribution in [3.05, 3.63) is 66.4 Å². The van der Waals surface area contributed by atoms with Gasteiger partial charge in [0.1, 0.15) is 5.82 Å². The van der Waals surface area contributed by atoms with Crippen LogP contribution < -0.4 is 15.5 Å². The van der Waals surface area contributed by atoms with Crippen molar-refractivity contribution in [2.24, 2.45) is 0 Å². The molecule has 7 nitrogen and oxygen atoms in total. The van der Waals surface area contributed by atoms with Crippen LogP contribution in [0.25, 0.3) is 5.69 Å². The predicted octanol–water partition coefficient (Wildman–Crippen LogP) is 2.00. The van der Waals surface area contributed by atoms with Crippen LogP contribution in [0.4, 0.5) is 15.9 Å². The van der Waals surface area contributed by atoms with Gasteiger partial charge in [-0.15, -0.1) is 0 Å². The molecule has 0 spiro atoms. The number of carbonyl (C=O) groups excluding carboxylic acids is 1. The van der Waals surface area contributed by atoms with Crippen LogP contribution in [0, 0.1) is 5.82 Å². The number of nitrogens with zero attached hydrogens (tertiary/aromatic N) is 4. The van der Waals surface area contributed by atoms with E-state index in [2.05, 4.69) is 25.6 Å². The fourth-order valence-electron chi connectivity index (χ4n) is 3.19. The summed E-state index contributed by atoms with van der Waals surface area (Å²) in [6.07, 6.45) is 3.55.